The van der Waals surface area contributed by atoms with Crippen molar-refractivity contribution < 1.29 is 9.53 Å². The minimum atomic E-state index is -0.417. The zero-order valence-electron chi connectivity index (χ0n) is 14.5. The van der Waals surface area contributed by atoms with Gasteiger partial charge in [-0.05, 0) is 31.2 Å². The summed E-state index contributed by atoms with van der Waals surface area (Å²) < 4.78 is 5.26. The fraction of sp³-hybridized carbons (Fsp3) is 0.444. The van der Waals surface area contributed by atoms with Crippen molar-refractivity contribution in [3.8, 4) is 11.8 Å². The number of hydrogen-bond donors (Lipinski definition) is 1. The number of carbonyl (C=O) groups excluding carboxylic acids is 1. The summed E-state index contributed by atoms with van der Waals surface area (Å²) in [5.74, 6) is 0.155. The standard InChI is InChI=1S/C18H24N4O2/c1-4-21-7-9-22(10-8-21)13-15(12-19)18(23)20-16-11-14(2)5-6-17(16)24-3/h5-6,11,13H,4,7-10H2,1-3H3,(H,20,23)/b15-13-. The number of likely N-dealkylation sites (N-methyl/N-ethyl adjacent to an activating group) is 1. The van der Waals surface area contributed by atoms with E-state index in [0.29, 0.717) is 11.4 Å². The lowest BCUT2D eigenvalue weighted by Crippen LogP contribution is -2.44. The van der Waals surface area contributed by atoms with Crippen LogP contribution in [0.15, 0.2) is 30.0 Å². The number of benzene rings is 1. The Labute approximate surface area is 143 Å². The van der Waals surface area contributed by atoms with E-state index in [4.69, 9.17) is 4.74 Å². The van der Waals surface area contributed by atoms with Crippen LogP contribution in [0.25, 0.3) is 0 Å². The van der Waals surface area contributed by atoms with E-state index in [9.17, 15) is 10.1 Å². The van der Waals surface area contributed by atoms with Crippen LogP contribution in [0.5, 0.6) is 5.75 Å². The third-order valence-electron chi connectivity index (χ3n) is 4.13. The molecule has 0 unspecified atom stereocenters. The van der Waals surface area contributed by atoms with Gasteiger partial charge in [-0.3, -0.25) is 4.79 Å². The number of methoxy groups -OCH3 is 1. The Hall–Kier alpha value is -2.52. The fourth-order valence-corrected chi connectivity index (χ4v) is 2.64. The Morgan fingerprint density at radius 1 is 1.38 bits per heavy atom. The van der Waals surface area contributed by atoms with Crippen molar-refractivity contribution >= 4 is 11.6 Å². The molecule has 1 heterocycles. The Bertz CT molecular complexity index is 655. The van der Waals surface area contributed by atoms with Crippen molar-refractivity contribution in [2.24, 2.45) is 0 Å². The first kappa shape index (κ1) is 17.8. The van der Waals surface area contributed by atoms with Gasteiger partial charge in [0.25, 0.3) is 5.91 Å². The molecule has 0 spiro atoms. The van der Waals surface area contributed by atoms with Gasteiger partial charge in [0.2, 0.25) is 0 Å². The average molecular weight is 328 g/mol. The molecule has 2 rings (SSSR count). The molecule has 1 aliphatic heterocycles. The Morgan fingerprint density at radius 2 is 2.08 bits per heavy atom. The van der Waals surface area contributed by atoms with E-state index in [1.807, 2.05) is 30.0 Å². The molecular weight excluding hydrogens is 304 g/mol. The van der Waals surface area contributed by atoms with Crippen molar-refractivity contribution in [1.29, 1.82) is 5.26 Å². The van der Waals surface area contributed by atoms with Crippen molar-refractivity contribution in [3.05, 3.63) is 35.5 Å². The molecule has 0 atom stereocenters. The first-order chi connectivity index (χ1) is 11.6. The number of amides is 1. The molecule has 1 amide bonds. The number of rotatable bonds is 5. The molecule has 0 bridgehead atoms. The molecule has 6 heteroatoms. The molecule has 1 N–H and O–H groups in total. The highest BCUT2D eigenvalue weighted by atomic mass is 16.5. The SMILES string of the molecule is CCN1CCN(/C=C(/C#N)C(=O)Nc2cc(C)ccc2OC)CC1. The largest absolute Gasteiger partial charge is 0.495 e. The maximum absolute atomic E-state index is 12.4. The van der Waals surface area contributed by atoms with Gasteiger partial charge >= 0.3 is 0 Å². The number of piperazine rings is 1. The van der Waals surface area contributed by atoms with Crippen LogP contribution in [0.1, 0.15) is 12.5 Å². The third-order valence-corrected chi connectivity index (χ3v) is 4.13. The van der Waals surface area contributed by atoms with E-state index in [0.717, 1.165) is 38.3 Å². The minimum Gasteiger partial charge on any atom is -0.495 e. The molecule has 1 fully saturated rings. The zero-order valence-corrected chi connectivity index (χ0v) is 14.5. The number of aryl methyl sites for hydroxylation is 1. The molecule has 128 valence electrons. The monoisotopic (exact) mass is 328 g/mol. The van der Waals surface area contributed by atoms with Gasteiger partial charge in [-0.25, -0.2) is 0 Å². The topological polar surface area (TPSA) is 68.6 Å². The van der Waals surface area contributed by atoms with Crippen LogP contribution in [0.2, 0.25) is 0 Å². The number of nitrogens with zero attached hydrogens (tertiary/aromatic N) is 3. The van der Waals surface area contributed by atoms with Gasteiger partial charge in [-0.2, -0.15) is 5.26 Å². The molecule has 6 nitrogen and oxygen atoms in total. The molecule has 0 aliphatic carbocycles. The summed E-state index contributed by atoms with van der Waals surface area (Å²) in [6.45, 7) is 8.62. The van der Waals surface area contributed by atoms with E-state index in [1.165, 1.54) is 0 Å². The van der Waals surface area contributed by atoms with Crippen LogP contribution < -0.4 is 10.1 Å². The number of nitriles is 1. The quantitative estimate of drug-likeness (QED) is 0.661. The molecule has 1 aromatic carbocycles. The Kier molecular flexibility index (Phi) is 6.21. The maximum Gasteiger partial charge on any atom is 0.267 e. The summed E-state index contributed by atoms with van der Waals surface area (Å²) in [6, 6.07) is 7.53. The molecule has 24 heavy (non-hydrogen) atoms. The van der Waals surface area contributed by atoms with Crippen molar-refractivity contribution in [3.63, 3.8) is 0 Å². The van der Waals surface area contributed by atoms with E-state index in [-0.39, 0.29) is 5.57 Å². The second-order valence-electron chi connectivity index (χ2n) is 5.78. The van der Waals surface area contributed by atoms with Crippen LogP contribution in [0.4, 0.5) is 5.69 Å². The molecule has 0 aromatic heterocycles. The Balaban J connectivity index is 2.08. The van der Waals surface area contributed by atoms with Gasteiger partial charge in [0.15, 0.2) is 0 Å². The lowest BCUT2D eigenvalue weighted by Gasteiger charge is -2.33. The first-order valence-electron chi connectivity index (χ1n) is 8.11. The van der Waals surface area contributed by atoms with Crippen molar-refractivity contribution in [2.75, 3.05) is 45.2 Å². The number of ether oxygens (including phenoxy) is 1. The smallest absolute Gasteiger partial charge is 0.267 e. The molecular formula is C18H24N4O2. The van der Waals surface area contributed by atoms with Gasteiger partial charge in [0.1, 0.15) is 17.4 Å². The highest BCUT2D eigenvalue weighted by Crippen LogP contribution is 2.25. The van der Waals surface area contributed by atoms with Gasteiger partial charge in [-0.1, -0.05) is 13.0 Å². The summed E-state index contributed by atoms with van der Waals surface area (Å²) in [5, 5.41) is 12.1. The number of hydrogen-bond acceptors (Lipinski definition) is 5. The highest BCUT2D eigenvalue weighted by Gasteiger charge is 2.17. The predicted molar refractivity (Wildman–Crippen MR) is 93.7 cm³/mol. The lowest BCUT2D eigenvalue weighted by atomic mass is 10.2. The molecule has 1 aliphatic rings. The van der Waals surface area contributed by atoms with E-state index in [1.54, 1.807) is 19.4 Å². The van der Waals surface area contributed by atoms with E-state index < -0.39 is 5.91 Å². The zero-order chi connectivity index (χ0) is 17.5. The summed E-state index contributed by atoms with van der Waals surface area (Å²) in [5.41, 5.74) is 1.67. The molecule has 0 saturated carbocycles. The number of anilines is 1. The normalized spacial score (nSPS) is 15.8. The Morgan fingerprint density at radius 3 is 2.67 bits per heavy atom. The highest BCUT2D eigenvalue weighted by molar-refractivity contribution is 6.07. The van der Waals surface area contributed by atoms with Crippen LogP contribution >= 0.6 is 0 Å². The van der Waals surface area contributed by atoms with Crippen LogP contribution in [-0.4, -0.2) is 55.5 Å². The van der Waals surface area contributed by atoms with E-state index in [2.05, 4.69) is 17.1 Å². The second-order valence-corrected chi connectivity index (χ2v) is 5.78. The van der Waals surface area contributed by atoms with Gasteiger partial charge < -0.3 is 19.9 Å². The third kappa shape index (κ3) is 4.49. The minimum absolute atomic E-state index is 0.100. The predicted octanol–water partition coefficient (Wildman–Crippen LogP) is 1.99. The summed E-state index contributed by atoms with van der Waals surface area (Å²) >= 11 is 0. The van der Waals surface area contributed by atoms with E-state index >= 15 is 0 Å². The van der Waals surface area contributed by atoms with Crippen molar-refractivity contribution in [2.45, 2.75) is 13.8 Å². The van der Waals surface area contributed by atoms with Crippen LogP contribution in [0, 0.1) is 18.3 Å². The summed E-state index contributed by atoms with van der Waals surface area (Å²) in [7, 11) is 1.55. The second kappa shape index (κ2) is 8.37. The lowest BCUT2D eigenvalue weighted by molar-refractivity contribution is -0.112. The number of carbonyl (C=O) groups is 1. The van der Waals surface area contributed by atoms with Crippen molar-refractivity contribution in [1.82, 2.24) is 9.80 Å². The van der Waals surface area contributed by atoms with Gasteiger partial charge in [0, 0.05) is 32.4 Å². The van der Waals surface area contributed by atoms with Gasteiger partial charge in [0.05, 0.1) is 12.8 Å². The van der Waals surface area contributed by atoms with Crippen LogP contribution in [0.3, 0.4) is 0 Å². The molecule has 0 radical (unpaired) electrons. The van der Waals surface area contributed by atoms with Crippen LogP contribution in [-0.2, 0) is 4.79 Å². The number of nitrogens with one attached hydrogen (secondary N) is 1. The summed E-state index contributed by atoms with van der Waals surface area (Å²) in [6.07, 6.45) is 1.66. The average Bonchev–Trinajstić information content (AvgIpc) is 2.60. The molecule has 1 saturated heterocycles. The summed E-state index contributed by atoms with van der Waals surface area (Å²) in [4.78, 5) is 16.8. The maximum atomic E-state index is 12.4. The first-order valence-corrected chi connectivity index (χ1v) is 8.11. The van der Waals surface area contributed by atoms with Gasteiger partial charge in [-0.15, -0.1) is 0 Å². The molecule has 1 aromatic rings. The fourth-order valence-electron chi connectivity index (χ4n) is 2.64.